The minimum Gasteiger partial charge on any atom is -0.305 e. The summed E-state index contributed by atoms with van der Waals surface area (Å²) in [5.41, 5.74) is 0.139. The third-order valence-electron chi connectivity index (χ3n) is 4.52. The Morgan fingerprint density at radius 2 is 1.08 bits per heavy atom. The van der Waals surface area contributed by atoms with Crippen LogP contribution in [0.25, 0.3) is 10.8 Å². The molecule has 4 aromatic carbocycles. The lowest BCUT2D eigenvalue weighted by Gasteiger charge is -2.18. The van der Waals surface area contributed by atoms with Gasteiger partial charge in [0, 0.05) is 16.2 Å². The van der Waals surface area contributed by atoms with Gasteiger partial charge in [-0.3, -0.25) is 4.79 Å². The average molecular weight is 356 g/mol. The Morgan fingerprint density at radius 1 is 0.577 bits per heavy atom. The first-order valence-electron chi connectivity index (χ1n) is 8.44. The normalized spacial score (nSPS) is 11.4. The molecule has 0 unspecified atom stereocenters. The molecule has 4 aromatic rings. The van der Waals surface area contributed by atoms with Gasteiger partial charge in [0.05, 0.1) is 0 Å². The first-order chi connectivity index (χ1) is 12.7. The van der Waals surface area contributed by atoms with Gasteiger partial charge in [-0.1, -0.05) is 97.1 Å². The molecule has 0 aliphatic carbocycles. The molecule has 2 nitrogen and oxygen atoms in total. The predicted octanol–water partition coefficient (Wildman–Crippen LogP) is 4.99. The zero-order chi connectivity index (χ0) is 18.0. The summed E-state index contributed by atoms with van der Waals surface area (Å²) >= 11 is 0. The van der Waals surface area contributed by atoms with Gasteiger partial charge < -0.3 is 4.57 Å². The Bertz CT molecular complexity index is 1070. The zero-order valence-corrected chi connectivity index (χ0v) is 15.0. The van der Waals surface area contributed by atoms with E-state index in [-0.39, 0.29) is 5.52 Å². The number of hydrogen-bond acceptors (Lipinski definition) is 2. The van der Waals surface area contributed by atoms with Crippen LogP contribution < -0.4 is 10.6 Å². The van der Waals surface area contributed by atoms with Crippen LogP contribution >= 0.6 is 7.14 Å². The molecule has 4 rings (SSSR count). The summed E-state index contributed by atoms with van der Waals surface area (Å²) in [6.45, 7) is 0. The Hall–Kier alpha value is -2.96. The van der Waals surface area contributed by atoms with Gasteiger partial charge in [-0.15, -0.1) is 0 Å². The molecule has 0 saturated heterocycles. The van der Waals surface area contributed by atoms with Gasteiger partial charge in [0.1, 0.15) is 0 Å². The van der Waals surface area contributed by atoms with Crippen molar-refractivity contribution in [3.05, 3.63) is 109 Å². The molecule has 0 fully saturated rings. The van der Waals surface area contributed by atoms with Crippen LogP contribution in [0.3, 0.4) is 0 Å². The highest BCUT2D eigenvalue weighted by molar-refractivity contribution is 7.93. The second-order valence-electron chi connectivity index (χ2n) is 6.15. The minimum atomic E-state index is -3.45. The lowest BCUT2D eigenvalue weighted by molar-refractivity contribution is 0.107. The lowest BCUT2D eigenvalue weighted by atomic mass is 10.1. The molecule has 0 aliphatic heterocycles. The van der Waals surface area contributed by atoms with Crippen molar-refractivity contribution in [2.75, 3.05) is 0 Å². The molecule has 0 N–H and O–H groups in total. The number of rotatable bonds is 4. The van der Waals surface area contributed by atoms with Crippen molar-refractivity contribution >= 4 is 34.0 Å². The van der Waals surface area contributed by atoms with E-state index in [1.165, 1.54) is 0 Å². The minimum absolute atomic E-state index is 0.333. The van der Waals surface area contributed by atoms with E-state index < -0.39 is 7.14 Å². The Labute approximate surface area is 152 Å². The van der Waals surface area contributed by atoms with E-state index in [2.05, 4.69) is 0 Å². The van der Waals surface area contributed by atoms with Crippen molar-refractivity contribution in [1.29, 1.82) is 0 Å². The maximum atomic E-state index is 14.1. The van der Waals surface area contributed by atoms with Crippen molar-refractivity contribution in [2.45, 2.75) is 0 Å². The number of fused-ring (bicyclic) bond motifs is 1. The first-order valence-corrected chi connectivity index (χ1v) is 10.2. The lowest BCUT2D eigenvalue weighted by Crippen LogP contribution is -2.22. The van der Waals surface area contributed by atoms with E-state index in [4.69, 9.17) is 0 Å². The van der Waals surface area contributed by atoms with Crippen LogP contribution in [0.2, 0.25) is 0 Å². The van der Waals surface area contributed by atoms with Crippen LogP contribution in [0.5, 0.6) is 0 Å². The summed E-state index contributed by atoms with van der Waals surface area (Å²) < 4.78 is 14.1. The average Bonchev–Trinajstić information content (AvgIpc) is 2.73. The Balaban J connectivity index is 1.91. The van der Waals surface area contributed by atoms with E-state index in [1.54, 1.807) is 30.3 Å². The van der Waals surface area contributed by atoms with E-state index in [0.717, 1.165) is 10.8 Å². The third-order valence-corrected chi connectivity index (χ3v) is 7.40. The van der Waals surface area contributed by atoms with Crippen LogP contribution in [-0.2, 0) is 4.57 Å². The Morgan fingerprint density at radius 3 is 1.65 bits per heavy atom. The van der Waals surface area contributed by atoms with E-state index >= 15 is 0 Å². The summed E-state index contributed by atoms with van der Waals surface area (Å²) in [7, 11) is -3.45. The monoisotopic (exact) mass is 356 g/mol. The van der Waals surface area contributed by atoms with E-state index in [1.807, 2.05) is 72.8 Å². The van der Waals surface area contributed by atoms with Gasteiger partial charge in [-0.05, 0) is 16.8 Å². The van der Waals surface area contributed by atoms with Crippen molar-refractivity contribution in [2.24, 2.45) is 0 Å². The summed E-state index contributed by atoms with van der Waals surface area (Å²) in [6.07, 6.45) is 0. The molecule has 0 bridgehead atoms. The van der Waals surface area contributed by atoms with Gasteiger partial charge in [-0.2, -0.15) is 0 Å². The van der Waals surface area contributed by atoms with Crippen LogP contribution in [0.15, 0.2) is 103 Å². The van der Waals surface area contributed by atoms with Gasteiger partial charge in [-0.25, -0.2) is 0 Å². The predicted molar refractivity (Wildman–Crippen MR) is 108 cm³/mol. The SMILES string of the molecule is O=C(c1ccc2ccccc2c1)P(=O)(c1ccccc1)c1ccccc1. The molecule has 0 aromatic heterocycles. The molecule has 0 saturated carbocycles. The van der Waals surface area contributed by atoms with Gasteiger partial charge in [0.2, 0.25) is 12.7 Å². The summed E-state index contributed by atoms with van der Waals surface area (Å²) in [5, 5.41) is 3.14. The van der Waals surface area contributed by atoms with Crippen molar-refractivity contribution < 1.29 is 9.36 Å². The van der Waals surface area contributed by atoms with E-state index in [9.17, 15) is 9.36 Å². The number of benzene rings is 4. The molecule has 26 heavy (non-hydrogen) atoms. The molecular weight excluding hydrogens is 339 g/mol. The van der Waals surface area contributed by atoms with E-state index in [0.29, 0.717) is 16.2 Å². The topological polar surface area (TPSA) is 34.1 Å². The maximum absolute atomic E-state index is 14.1. The number of carbonyl (C=O) groups excluding carboxylic acids is 1. The fraction of sp³-hybridized carbons (Fsp3) is 0. The van der Waals surface area contributed by atoms with Crippen LogP contribution in [0.1, 0.15) is 10.4 Å². The molecule has 0 aliphatic rings. The van der Waals surface area contributed by atoms with Crippen molar-refractivity contribution in [3.63, 3.8) is 0 Å². The molecule has 0 amide bonds. The number of hydrogen-bond donors (Lipinski definition) is 0. The third kappa shape index (κ3) is 2.79. The molecule has 0 radical (unpaired) electrons. The second kappa shape index (κ2) is 6.74. The quantitative estimate of drug-likeness (QED) is 0.483. The fourth-order valence-corrected chi connectivity index (χ4v) is 5.62. The first kappa shape index (κ1) is 16.5. The summed E-state index contributed by atoms with van der Waals surface area (Å²) in [6, 6.07) is 31.4. The van der Waals surface area contributed by atoms with Crippen LogP contribution in [-0.4, -0.2) is 5.52 Å². The molecular formula is C23H17O2P. The van der Waals surface area contributed by atoms with Crippen molar-refractivity contribution in [1.82, 2.24) is 0 Å². The van der Waals surface area contributed by atoms with Crippen LogP contribution in [0, 0.1) is 0 Å². The van der Waals surface area contributed by atoms with Gasteiger partial charge >= 0.3 is 0 Å². The molecule has 126 valence electrons. The highest BCUT2D eigenvalue weighted by Gasteiger charge is 2.36. The number of carbonyl (C=O) groups is 1. The largest absolute Gasteiger partial charge is 0.305 e. The van der Waals surface area contributed by atoms with Crippen molar-refractivity contribution in [3.8, 4) is 0 Å². The smallest absolute Gasteiger partial charge is 0.230 e. The second-order valence-corrected chi connectivity index (χ2v) is 8.80. The highest BCUT2D eigenvalue weighted by Crippen LogP contribution is 2.46. The molecule has 0 heterocycles. The van der Waals surface area contributed by atoms with Gasteiger partial charge in [0.25, 0.3) is 0 Å². The fourth-order valence-electron chi connectivity index (χ4n) is 3.16. The molecule has 0 atom stereocenters. The Kier molecular flexibility index (Phi) is 4.28. The zero-order valence-electron chi connectivity index (χ0n) is 14.1. The van der Waals surface area contributed by atoms with Gasteiger partial charge in [0.15, 0.2) is 0 Å². The maximum Gasteiger partial charge on any atom is 0.230 e. The van der Waals surface area contributed by atoms with Crippen LogP contribution in [0.4, 0.5) is 0 Å². The standard InChI is InChI=1S/C23H17O2P/c24-23(20-16-15-18-9-7-8-10-19(18)17-20)26(25,21-11-3-1-4-12-21)22-13-5-2-6-14-22/h1-17H. The highest BCUT2D eigenvalue weighted by atomic mass is 31.2. The summed E-state index contributed by atoms with van der Waals surface area (Å²) in [5.74, 6) is 0. The summed E-state index contributed by atoms with van der Waals surface area (Å²) in [4.78, 5) is 13.4. The molecule has 0 spiro atoms. The molecule has 3 heteroatoms.